The minimum atomic E-state index is 0.486. The molecular formula is C20H34O. The third-order valence-corrected chi connectivity index (χ3v) is 4.82. The summed E-state index contributed by atoms with van der Waals surface area (Å²) in [4.78, 5) is 0. The van der Waals surface area contributed by atoms with Crippen LogP contribution in [0.15, 0.2) is 24.3 Å². The molecule has 0 saturated heterocycles. The summed E-state index contributed by atoms with van der Waals surface area (Å²) >= 11 is 0. The van der Waals surface area contributed by atoms with Gasteiger partial charge in [0.1, 0.15) is 5.75 Å². The molecule has 1 nitrogen and oxygen atoms in total. The van der Waals surface area contributed by atoms with Crippen LogP contribution in [0.25, 0.3) is 0 Å². The predicted molar refractivity (Wildman–Crippen MR) is 92.9 cm³/mol. The first-order valence-electron chi connectivity index (χ1n) is 9.02. The van der Waals surface area contributed by atoms with E-state index in [1.54, 1.807) is 0 Å². The van der Waals surface area contributed by atoms with Gasteiger partial charge >= 0.3 is 0 Å². The highest BCUT2D eigenvalue weighted by molar-refractivity contribution is 5.35. The second-order valence-electron chi connectivity index (χ2n) is 6.30. The molecule has 0 saturated carbocycles. The first-order valence-corrected chi connectivity index (χ1v) is 9.02. The standard InChI is InChI=1S/C20H34O/c1-4-7-8-9-10-11-14-18(17(5-2)6-3)19-15-12-13-16-20(19)21/h12-13,15-18,21H,4-11,14H2,1-3H3. The van der Waals surface area contributed by atoms with Gasteiger partial charge in [0.15, 0.2) is 0 Å². The van der Waals surface area contributed by atoms with E-state index in [9.17, 15) is 5.11 Å². The number of para-hydroxylation sites is 1. The summed E-state index contributed by atoms with van der Waals surface area (Å²) in [6.07, 6.45) is 11.7. The maximum atomic E-state index is 10.2. The van der Waals surface area contributed by atoms with Gasteiger partial charge in [-0.25, -0.2) is 0 Å². The molecule has 21 heavy (non-hydrogen) atoms. The summed E-state index contributed by atoms with van der Waals surface area (Å²) in [5.41, 5.74) is 1.17. The Bertz CT molecular complexity index is 368. The van der Waals surface area contributed by atoms with Crippen molar-refractivity contribution in [2.24, 2.45) is 5.92 Å². The topological polar surface area (TPSA) is 20.2 Å². The molecule has 0 aliphatic rings. The first-order chi connectivity index (χ1) is 10.2. The summed E-state index contributed by atoms with van der Waals surface area (Å²) in [6, 6.07) is 7.95. The molecule has 0 amide bonds. The molecule has 0 aliphatic heterocycles. The minimum Gasteiger partial charge on any atom is -0.508 e. The molecule has 1 rings (SSSR count). The summed E-state index contributed by atoms with van der Waals surface area (Å²) in [7, 11) is 0. The van der Waals surface area contributed by atoms with Crippen molar-refractivity contribution < 1.29 is 5.11 Å². The third kappa shape index (κ3) is 6.11. The quantitative estimate of drug-likeness (QED) is 0.452. The predicted octanol–water partition coefficient (Wildman–Crippen LogP) is 6.66. The fourth-order valence-electron chi connectivity index (χ4n) is 3.45. The number of phenolic OH excluding ortho intramolecular Hbond substituents is 1. The molecule has 1 heteroatoms. The Balaban J connectivity index is 2.60. The zero-order valence-corrected chi connectivity index (χ0v) is 14.3. The monoisotopic (exact) mass is 290 g/mol. The number of rotatable bonds is 11. The summed E-state index contributed by atoms with van der Waals surface area (Å²) < 4.78 is 0. The van der Waals surface area contributed by atoms with Crippen molar-refractivity contribution in [1.29, 1.82) is 0 Å². The lowest BCUT2D eigenvalue weighted by molar-refractivity contribution is 0.354. The number of phenols is 1. The van der Waals surface area contributed by atoms with Crippen molar-refractivity contribution in [3.05, 3.63) is 29.8 Å². The number of benzene rings is 1. The third-order valence-electron chi connectivity index (χ3n) is 4.82. The molecule has 120 valence electrons. The Kier molecular flexibility index (Phi) is 9.21. The Labute approximate surface area is 131 Å². The van der Waals surface area contributed by atoms with E-state index in [1.807, 2.05) is 12.1 Å². The second-order valence-corrected chi connectivity index (χ2v) is 6.30. The fourth-order valence-corrected chi connectivity index (χ4v) is 3.45. The van der Waals surface area contributed by atoms with Gasteiger partial charge in [-0.05, 0) is 29.9 Å². The molecular weight excluding hydrogens is 256 g/mol. The first kappa shape index (κ1) is 18.1. The lowest BCUT2D eigenvalue weighted by Gasteiger charge is -2.26. The van der Waals surface area contributed by atoms with Crippen LogP contribution in [0.2, 0.25) is 0 Å². The van der Waals surface area contributed by atoms with E-state index in [0.717, 1.165) is 0 Å². The highest BCUT2D eigenvalue weighted by Crippen LogP contribution is 2.38. The molecule has 0 spiro atoms. The molecule has 0 radical (unpaired) electrons. The largest absolute Gasteiger partial charge is 0.508 e. The van der Waals surface area contributed by atoms with Crippen molar-refractivity contribution in [2.75, 3.05) is 0 Å². The maximum Gasteiger partial charge on any atom is 0.119 e. The van der Waals surface area contributed by atoms with E-state index in [1.165, 1.54) is 63.4 Å². The molecule has 0 aromatic heterocycles. The van der Waals surface area contributed by atoms with Crippen LogP contribution < -0.4 is 0 Å². The molecule has 1 aromatic rings. The highest BCUT2D eigenvalue weighted by atomic mass is 16.3. The van der Waals surface area contributed by atoms with E-state index in [2.05, 4.69) is 32.9 Å². The van der Waals surface area contributed by atoms with Gasteiger partial charge in [-0.2, -0.15) is 0 Å². The normalized spacial score (nSPS) is 12.8. The summed E-state index contributed by atoms with van der Waals surface area (Å²) in [5, 5.41) is 10.2. The van der Waals surface area contributed by atoms with Gasteiger partial charge in [-0.3, -0.25) is 0 Å². The number of unbranched alkanes of at least 4 members (excludes halogenated alkanes) is 5. The van der Waals surface area contributed by atoms with Crippen LogP contribution >= 0.6 is 0 Å². The summed E-state index contributed by atoms with van der Waals surface area (Å²) in [6.45, 7) is 6.83. The van der Waals surface area contributed by atoms with Crippen molar-refractivity contribution in [3.8, 4) is 5.75 Å². The van der Waals surface area contributed by atoms with E-state index in [-0.39, 0.29) is 0 Å². The Hall–Kier alpha value is -0.980. The summed E-state index contributed by atoms with van der Waals surface area (Å²) in [5.74, 6) is 1.70. The molecule has 0 heterocycles. The van der Waals surface area contributed by atoms with Crippen molar-refractivity contribution in [1.82, 2.24) is 0 Å². The van der Waals surface area contributed by atoms with Gasteiger partial charge in [0, 0.05) is 0 Å². The second kappa shape index (κ2) is 10.7. The van der Waals surface area contributed by atoms with E-state index < -0.39 is 0 Å². The zero-order chi connectivity index (χ0) is 15.5. The maximum absolute atomic E-state index is 10.2. The van der Waals surface area contributed by atoms with Crippen LogP contribution in [0, 0.1) is 5.92 Å². The molecule has 1 N–H and O–H groups in total. The van der Waals surface area contributed by atoms with Crippen molar-refractivity contribution in [3.63, 3.8) is 0 Å². The lowest BCUT2D eigenvalue weighted by atomic mass is 9.79. The smallest absolute Gasteiger partial charge is 0.119 e. The SMILES string of the molecule is CCCCCCCCC(c1ccccc1O)C(CC)CC. The highest BCUT2D eigenvalue weighted by Gasteiger charge is 2.22. The van der Waals surface area contributed by atoms with Gasteiger partial charge in [0.25, 0.3) is 0 Å². The molecule has 0 bridgehead atoms. The average Bonchev–Trinajstić information content (AvgIpc) is 2.50. The number of hydrogen-bond acceptors (Lipinski definition) is 1. The van der Waals surface area contributed by atoms with Crippen LogP contribution in [0.4, 0.5) is 0 Å². The van der Waals surface area contributed by atoms with E-state index >= 15 is 0 Å². The van der Waals surface area contributed by atoms with Crippen LogP contribution in [-0.4, -0.2) is 5.11 Å². The molecule has 1 atom stereocenters. The lowest BCUT2D eigenvalue weighted by Crippen LogP contribution is -2.12. The van der Waals surface area contributed by atoms with Gasteiger partial charge in [-0.1, -0.05) is 90.3 Å². The Morgan fingerprint density at radius 3 is 2.10 bits per heavy atom. The van der Waals surface area contributed by atoms with Crippen LogP contribution in [0.1, 0.15) is 90.0 Å². The van der Waals surface area contributed by atoms with Gasteiger partial charge in [-0.15, -0.1) is 0 Å². The number of aromatic hydroxyl groups is 1. The Morgan fingerprint density at radius 1 is 0.857 bits per heavy atom. The zero-order valence-electron chi connectivity index (χ0n) is 14.3. The van der Waals surface area contributed by atoms with Crippen molar-refractivity contribution >= 4 is 0 Å². The van der Waals surface area contributed by atoms with Crippen LogP contribution in [-0.2, 0) is 0 Å². The molecule has 1 aromatic carbocycles. The minimum absolute atomic E-state index is 0.486. The average molecular weight is 290 g/mol. The van der Waals surface area contributed by atoms with Crippen LogP contribution in [0.3, 0.4) is 0 Å². The molecule has 0 aliphatic carbocycles. The van der Waals surface area contributed by atoms with Crippen LogP contribution in [0.5, 0.6) is 5.75 Å². The number of hydrogen-bond donors (Lipinski definition) is 1. The van der Waals surface area contributed by atoms with Gasteiger partial charge in [0.05, 0.1) is 0 Å². The fraction of sp³-hybridized carbons (Fsp3) is 0.700. The van der Waals surface area contributed by atoms with Crippen molar-refractivity contribution in [2.45, 2.75) is 84.5 Å². The van der Waals surface area contributed by atoms with Gasteiger partial charge in [0.2, 0.25) is 0 Å². The molecule has 1 unspecified atom stereocenters. The Morgan fingerprint density at radius 2 is 1.48 bits per heavy atom. The van der Waals surface area contributed by atoms with E-state index in [0.29, 0.717) is 17.6 Å². The van der Waals surface area contributed by atoms with Gasteiger partial charge < -0.3 is 5.11 Å². The van der Waals surface area contributed by atoms with E-state index in [4.69, 9.17) is 0 Å². The molecule has 0 fully saturated rings.